The molecule has 2 rings (SSSR count). The Bertz CT molecular complexity index is 666. The first kappa shape index (κ1) is 18.9. The van der Waals surface area contributed by atoms with E-state index in [0.717, 1.165) is 0 Å². The number of hydrogen-bond donors (Lipinski definition) is 2. The molecule has 2 amide bonds. The van der Waals surface area contributed by atoms with E-state index in [0.29, 0.717) is 0 Å². The molecule has 1 aliphatic heterocycles. The quantitative estimate of drug-likeness (QED) is 0.728. The monoisotopic (exact) mass is 352 g/mol. The molecule has 7 nitrogen and oxygen atoms in total. The summed E-state index contributed by atoms with van der Waals surface area (Å²) in [6.07, 6.45) is -0.804. The van der Waals surface area contributed by atoms with Gasteiger partial charge in [-0.25, -0.2) is 9.18 Å². The van der Waals surface area contributed by atoms with Gasteiger partial charge in [-0.3, -0.25) is 9.59 Å². The molecule has 0 unspecified atom stereocenters. The van der Waals surface area contributed by atoms with Crippen molar-refractivity contribution in [3.8, 4) is 0 Å². The lowest BCUT2D eigenvalue weighted by molar-refractivity contribution is -0.146. The number of methoxy groups -OCH3 is 1. The van der Waals surface area contributed by atoms with E-state index in [1.165, 1.54) is 37.1 Å². The average Bonchev–Trinajstić information content (AvgIpc) is 2.97. The zero-order valence-electron chi connectivity index (χ0n) is 14.1. The molecule has 0 aliphatic carbocycles. The van der Waals surface area contributed by atoms with Crippen LogP contribution in [0.15, 0.2) is 24.3 Å². The number of nitrogens with zero attached hydrogens (tertiary/aromatic N) is 1. The lowest BCUT2D eigenvalue weighted by Gasteiger charge is -2.24. The largest absolute Gasteiger partial charge is 0.467 e. The molecule has 0 saturated carbocycles. The van der Waals surface area contributed by atoms with Crippen LogP contribution < -0.4 is 5.32 Å². The number of ether oxygens (including phenoxy) is 1. The molecule has 1 aromatic carbocycles. The number of rotatable bonds is 5. The summed E-state index contributed by atoms with van der Waals surface area (Å²) >= 11 is 0. The highest BCUT2D eigenvalue weighted by molar-refractivity contribution is 5.91. The predicted molar refractivity (Wildman–Crippen MR) is 85.8 cm³/mol. The topological polar surface area (TPSA) is 95.9 Å². The highest BCUT2D eigenvalue weighted by Gasteiger charge is 2.39. The molecule has 25 heavy (non-hydrogen) atoms. The first-order valence-corrected chi connectivity index (χ1v) is 7.90. The molecule has 1 saturated heterocycles. The number of nitrogens with one attached hydrogen (secondary N) is 1. The number of benzene rings is 1. The number of carbonyl (C=O) groups is 3. The summed E-state index contributed by atoms with van der Waals surface area (Å²) in [6.45, 7) is 1.36. The van der Waals surface area contributed by atoms with Gasteiger partial charge < -0.3 is 20.1 Å². The molecule has 136 valence electrons. The number of carbonyl (C=O) groups excluding carboxylic acids is 3. The second-order valence-corrected chi connectivity index (χ2v) is 5.96. The van der Waals surface area contributed by atoms with Crippen LogP contribution in [-0.2, 0) is 25.5 Å². The minimum atomic E-state index is -1.10. The molecule has 0 aromatic heterocycles. The molecule has 1 aromatic rings. The fraction of sp³-hybridized carbons (Fsp3) is 0.471. The Labute approximate surface area is 144 Å². The maximum absolute atomic E-state index is 13.8. The normalized spacial score (nSPS) is 20.9. The first-order valence-electron chi connectivity index (χ1n) is 7.90. The Morgan fingerprint density at radius 3 is 2.68 bits per heavy atom. The standard InChI is InChI=1S/C17H21FN2O5/c1-10(21)20-9-12(22)8-15(20)16(23)19-14(17(24)25-2)7-11-5-3-4-6-13(11)18/h3-6,12,14-15,22H,7-9H2,1-2H3,(H,19,23)/t12-,14-,15+/m1/s1. The molecule has 1 heterocycles. The van der Waals surface area contributed by atoms with Crippen molar-refractivity contribution >= 4 is 17.8 Å². The van der Waals surface area contributed by atoms with Crippen molar-refractivity contribution in [1.29, 1.82) is 0 Å². The van der Waals surface area contributed by atoms with Crippen LogP contribution in [0.3, 0.4) is 0 Å². The van der Waals surface area contributed by atoms with Crippen molar-refractivity contribution < 1.29 is 28.6 Å². The second-order valence-electron chi connectivity index (χ2n) is 5.96. The van der Waals surface area contributed by atoms with E-state index >= 15 is 0 Å². The molecular weight excluding hydrogens is 331 g/mol. The summed E-state index contributed by atoms with van der Waals surface area (Å²) in [6, 6.07) is 3.95. The summed E-state index contributed by atoms with van der Waals surface area (Å²) < 4.78 is 18.5. The van der Waals surface area contributed by atoms with Crippen molar-refractivity contribution in [2.45, 2.75) is 38.0 Å². The van der Waals surface area contributed by atoms with Gasteiger partial charge in [-0.1, -0.05) is 18.2 Å². The van der Waals surface area contributed by atoms with Crippen LogP contribution in [0.25, 0.3) is 0 Å². The van der Waals surface area contributed by atoms with Crippen LogP contribution in [0, 0.1) is 5.82 Å². The summed E-state index contributed by atoms with van der Waals surface area (Å²) in [5.74, 6) is -2.14. The summed E-state index contributed by atoms with van der Waals surface area (Å²) in [5, 5.41) is 12.2. The fourth-order valence-corrected chi connectivity index (χ4v) is 2.90. The van der Waals surface area contributed by atoms with Gasteiger partial charge in [0.15, 0.2) is 0 Å². The highest BCUT2D eigenvalue weighted by Crippen LogP contribution is 2.19. The third kappa shape index (κ3) is 4.54. The van der Waals surface area contributed by atoms with Crippen LogP contribution in [0.1, 0.15) is 18.9 Å². The van der Waals surface area contributed by atoms with Gasteiger partial charge in [0.25, 0.3) is 0 Å². The minimum Gasteiger partial charge on any atom is -0.467 e. The molecule has 1 aliphatic rings. The van der Waals surface area contributed by atoms with Gasteiger partial charge in [0.05, 0.1) is 13.2 Å². The lowest BCUT2D eigenvalue weighted by Crippen LogP contribution is -2.51. The minimum absolute atomic E-state index is 0.0592. The maximum atomic E-state index is 13.8. The van der Waals surface area contributed by atoms with E-state index in [-0.39, 0.29) is 30.9 Å². The fourth-order valence-electron chi connectivity index (χ4n) is 2.90. The molecule has 2 N–H and O–H groups in total. The summed E-state index contributed by atoms with van der Waals surface area (Å²) in [4.78, 5) is 37.3. The van der Waals surface area contributed by atoms with Crippen LogP contribution in [0.5, 0.6) is 0 Å². The highest BCUT2D eigenvalue weighted by atomic mass is 19.1. The van der Waals surface area contributed by atoms with Gasteiger partial charge in [-0.05, 0) is 11.6 Å². The molecule has 3 atom stereocenters. The molecule has 0 spiro atoms. The number of β-amino-alcohol motifs (C(OH)–C–C–N with tert-alkyl or cyclic N) is 1. The van der Waals surface area contributed by atoms with Gasteiger partial charge in [0.1, 0.15) is 17.9 Å². The Morgan fingerprint density at radius 1 is 1.40 bits per heavy atom. The third-order valence-electron chi connectivity index (χ3n) is 4.17. The van der Waals surface area contributed by atoms with Crippen molar-refractivity contribution in [2.75, 3.05) is 13.7 Å². The van der Waals surface area contributed by atoms with Gasteiger partial charge in [-0.2, -0.15) is 0 Å². The van der Waals surface area contributed by atoms with Gasteiger partial charge >= 0.3 is 5.97 Å². The molecule has 0 radical (unpaired) electrons. The number of aliphatic hydroxyl groups excluding tert-OH is 1. The number of esters is 1. The average molecular weight is 352 g/mol. The van der Waals surface area contributed by atoms with Crippen LogP contribution in [-0.4, -0.2) is 59.6 Å². The zero-order chi connectivity index (χ0) is 18.6. The number of aliphatic hydroxyl groups is 1. The van der Waals surface area contributed by atoms with E-state index in [1.54, 1.807) is 6.07 Å². The molecule has 8 heteroatoms. The Kier molecular flexibility index (Phi) is 6.08. The van der Waals surface area contributed by atoms with Gasteiger partial charge in [0, 0.05) is 26.3 Å². The second kappa shape index (κ2) is 8.06. The molecule has 1 fully saturated rings. The molecule has 0 bridgehead atoms. The zero-order valence-corrected chi connectivity index (χ0v) is 14.1. The summed E-state index contributed by atoms with van der Waals surface area (Å²) in [7, 11) is 1.17. The summed E-state index contributed by atoms with van der Waals surface area (Å²) in [5.41, 5.74) is 0.257. The van der Waals surface area contributed by atoms with Gasteiger partial charge in [0.2, 0.25) is 11.8 Å². The van der Waals surface area contributed by atoms with Crippen molar-refractivity contribution in [3.63, 3.8) is 0 Å². The van der Waals surface area contributed by atoms with Crippen LogP contribution in [0.4, 0.5) is 4.39 Å². The van der Waals surface area contributed by atoms with E-state index in [1.807, 2.05) is 0 Å². The van der Waals surface area contributed by atoms with Gasteiger partial charge in [-0.15, -0.1) is 0 Å². The van der Waals surface area contributed by atoms with Crippen molar-refractivity contribution in [3.05, 3.63) is 35.6 Å². The Hall–Kier alpha value is -2.48. The van der Waals surface area contributed by atoms with E-state index in [9.17, 15) is 23.9 Å². The predicted octanol–water partition coefficient (Wildman–Crippen LogP) is 0.00770. The van der Waals surface area contributed by atoms with Crippen LogP contribution >= 0.6 is 0 Å². The van der Waals surface area contributed by atoms with E-state index < -0.39 is 35.9 Å². The number of likely N-dealkylation sites (tertiary alicyclic amines) is 1. The third-order valence-corrected chi connectivity index (χ3v) is 4.17. The smallest absolute Gasteiger partial charge is 0.328 e. The number of amides is 2. The Morgan fingerprint density at radius 2 is 2.08 bits per heavy atom. The van der Waals surface area contributed by atoms with Crippen LogP contribution in [0.2, 0.25) is 0 Å². The molecular formula is C17H21FN2O5. The lowest BCUT2D eigenvalue weighted by atomic mass is 10.0. The van der Waals surface area contributed by atoms with E-state index in [2.05, 4.69) is 10.1 Å². The van der Waals surface area contributed by atoms with Crippen molar-refractivity contribution in [2.24, 2.45) is 0 Å². The van der Waals surface area contributed by atoms with Crippen molar-refractivity contribution in [1.82, 2.24) is 10.2 Å². The number of hydrogen-bond acceptors (Lipinski definition) is 5. The van der Waals surface area contributed by atoms with E-state index in [4.69, 9.17) is 0 Å². The Balaban J connectivity index is 2.14. The number of halogens is 1. The SMILES string of the molecule is COC(=O)[C@@H](Cc1ccccc1F)NC(=O)[C@@H]1C[C@@H](O)CN1C(C)=O. The maximum Gasteiger partial charge on any atom is 0.328 e. The first-order chi connectivity index (χ1) is 11.8.